The maximum atomic E-state index is 13.3. The van der Waals surface area contributed by atoms with Crippen LogP contribution in [0.5, 0.6) is 0 Å². The van der Waals surface area contributed by atoms with Gasteiger partial charge in [-0.1, -0.05) is 18.2 Å². The normalized spacial score (nSPS) is 10.9. The number of hydrogen-bond donors (Lipinski definition) is 0. The van der Waals surface area contributed by atoms with Crippen LogP contribution < -0.4 is 10.5 Å². The predicted octanol–water partition coefficient (Wildman–Crippen LogP) is 3.73. The summed E-state index contributed by atoms with van der Waals surface area (Å²) < 4.78 is 14.7. The van der Waals surface area contributed by atoms with Crippen LogP contribution in [0.15, 0.2) is 65.0 Å². The molecule has 0 spiro atoms. The monoisotopic (exact) mass is 394 g/mol. The molecule has 0 aliphatic carbocycles. The minimum absolute atomic E-state index is 0.154. The van der Waals surface area contributed by atoms with Crippen molar-refractivity contribution >= 4 is 39.0 Å². The summed E-state index contributed by atoms with van der Waals surface area (Å²) in [6, 6.07) is 13.1. The van der Waals surface area contributed by atoms with Crippen LogP contribution in [-0.4, -0.2) is 20.4 Å². The van der Waals surface area contributed by atoms with Crippen molar-refractivity contribution in [3.63, 3.8) is 0 Å². The van der Waals surface area contributed by atoms with Crippen molar-refractivity contribution in [3.8, 4) is 0 Å². The fraction of sp³-hybridized carbons (Fsp3) is 0.100. The number of anilines is 2. The van der Waals surface area contributed by atoms with Crippen LogP contribution in [-0.2, 0) is 11.3 Å². The van der Waals surface area contributed by atoms with E-state index in [1.165, 1.54) is 52.3 Å². The third-order valence-corrected chi connectivity index (χ3v) is 5.05. The van der Waals surface area contributed by atoms with Gasteiger partial charge < -0.3 is 0 Å². The largest absolute Gasteiger partial charge is 0.293 e. The molecule has 0 aliphatic rings. The third kappa shape index (κ3) is 3.41. The first-order valence-corrected chi connectivity index (χ1v) is 9.36. The highest BCUT2D eigenvalue weighted by atomic mass is 32.1. The van der Waals surface area contributed by atoms with Gasteiger partial charge in [-0.2, -0.15) is 0 Å². The van der Waals surface area contributed by atoms with Gasteiger partial charge in [0, 0.05) is 18.4 Å². The molecule has 4 aromatic rings. The van der Waals surface area contributed by atoms with Crippen molar-refractivity contribution in [2.45, 2.75) is 13.5 Å². The van der Waals surface area contributed by atoms with Gasteiger partial charge in [-0.15, -0.1) is 11.3 Å². The molecule has 1 amide bonds. The Kier molecular flexibility index (Phi) is 4.70. The number of benzene rings is 2. The van der Waals surface area contributed by atoms with Gasteiger partial charge in [0.1, 0.15) is 5.82 Å². The molecule has 8 heteroatoms. The maximum absolute atomic E-state index is 13.3. The van der Waals surface area contributed by atoms with E-state index >= 15 is 0 Å². The highest BCUT2D eigenvalue weighted by molar-refractivity contribution is 7.14. The number of para-hydroxylation sites is 1. The molecule has 0 unspecified atom stereocenters. The molecule has 0 fully saturated rings. The summed E-state index contributed by atoms with van der Waals surface area (Å²) in [7, 11) is 0. The van der Waals surface area contributed by atoms with Crippen LogP contribution in [0.2, 0.25) is 0 Å². The zero-order valence-electron chi connectivity index (χ0n) is 14.9. The van der Waals surface area contributed by atoms with Gasteiger partial charge in [-0.05, 0) is 24.3 Å². The highest BCUT2D eigenvalue weighted by Gasteiger charge is 2.18. The van der Waals surface area contributed by atoms with Crippen LogP contribution >= 0.6 is 11.3 Å². The summed E-state index contributed by atoms with van der Waals surface area (Å²) in [6.45, 7) is 1.68. The van der Waals surface area contributed by atoms with E-state index in [0.717, 1.165) is 5.69 Å². The molecule has 6 nitrogen and oxygen atoms in total. The Morgan fingerprint density at radius 3 is 2.75 bits per heavy atom. The number of amides is 1. The lowest BCUT2D eigenvalue weighted by molar-refractivity contribution is -0.115. The van der Waals surface area contributed by atoms with Crippen molar-refractivity contribution in [2.24, 2.45) is 0 Å². The van der Waals surface area contributed by atoms with Crippen LogP contribution in [0.1, 0.15) is 12.6 Å². The highest BCUT2D eigenvalue weighted by Crippen LogP contribution is 2.28. The second-order valence-corrected chi connectivity index (χ2v) is 6.99. The molecule has 140 valence electrons. The Balaban J connectivity index is 1.66. The van der Waals surface area contributed by atoms with Gasteiger partial charge in [0.15, 0.2) is 5.13 Å². The molecule has 4 rings (SSSR count). The Hall–Kier alpha value is -3.39. The third-order valence-electron chi connectivity index (χ3n) is 4.18. The number of aromatic nitrogens is 3. The first-order chi connectivity index (χ1) is 13.5. The van der Waals surface area contributed by atoms with E-state index in [-0.39, 0.29) is 18.0 Å². The van der Waals surface area contributed by atoms with Gasteiger partial charge in [0.2, 0.25) is 5.91 Å². The van der Waals surface area contributed by atoms with Crippen molar-refractivity contribution in [1.29, 1.82) is 0 Å². The lowest BCUT2D eigenvalue weighted by Gasteiger charge is -2.17. The van der Waals surface area contributed by atoms with Crippen molar-refractivity contribution in [1.82, 2.24) is 14.5 Å². The Bertz CT molecular complexity index is 1220. The molecule has 0 radical (unpaired) electrons. The first kappa shape index (κ1) is 18.0. The second kappa shape index (κ2) is 7.32. The molecule has 0 bridgehead atoms. The van der Waals surface area contributed by atoms with Gasteiger partial charge in [0.05, 0.1) is 35.2 Å². The first-order valence-electron chi connectivity index (χ1n) is 8.48. The maximum Gasteiger partial charge on any atom is 0.261 e. The molecule has 2 aromatic heterocycles. The van der Waals surface area contributed by atoms with E-state index in [9.17, 15) is 14.0 Å². The average Bonchev–Trinajstić information content (AvgIpc) is 3.12. The lowest BCUT2D eigenvalue weighted by Crippen LogP contribution is -2.23. The number of thiazole rings is 1. The zero-order chi connectivity index (χ0) is 19.7. The van der Waals surface area contributed by atoms with Gasteiger partial charge in [-0.3, -0.25) is 19.1 Å². The molecule has 28 heavy (non-hydrogen) atoms. The number of rotatable bonds is 4. The van der Waals surface area contributed by atoms with Crippen LogP contribution in [0, 0.1) is 5.82 Å². The molecule has 0 N–H and O–H groups in total. The van der Waals surface area contributed by atoms with Crippen molar-refractivity contribution in [3.05, 3.63) is 82.1 Å². The summed E-state index contributed by atoms with van der Waals surface area (Å²) in [4.78, 5) is 35.0. The average molecular weight is 394 g/mol. The fourth-order valence-electron chi connectivity index (χ4n) is 2.89. The molecular weight excluding hydrogens is 379 g/mol. The van der Waals surface area contributed by atoms with Gasteiger partial charge in [-0.25, -0.2) is 14.4 Å². The number of hydrogen-bond acceptors (Lipinski definition) is 5. The second-order valence-electron chi connectivity index (χ2n) is 6.15. The topological polar surface area (TPSA) is 68.1 Å². The smallest absolute Gasteiger partial charge is 0.261 e. The standard InChI is InChI=1S/C20H15FN4O2S/c1-13(26)25(16-5-3-2-4-6-16)20-23-15(11-28-20)10-24-12-22-18-9-14(21)7-8-17(18)19(24)27/h2-9,11-12H,10H2,1H3. The molecular formula is C20H15FN4O2S. The summed E-state index contributed by atoms with van der Waals surface area (Å²) in [5, 5.41) is 2.67. The van der Waals surface area contributed by atoms with E-state index in [2.05, 4.69) is 9.97 Å². The number of fused-ring (bicyclic) bond motifs is 1. The molecule has 2 aromatic carbocycles. The quantitative estimate of drug-likeness (QED) is 0.529. The number of halogens is 1. The predicted molar refractivity (Wildman–Crippen MR) is 106 cm³/mol. The minimum atomic E-state index is -0.438. The van der Waals surface area contributed by atoms with Crippen LogP contribution in [0.3, 0.4) is 0 Å². The fourth-order valence-corrected chi connectivity index (χ4v) is 3.77. The van der Waals surface area contributed by atoms with Crippen LogP contribution in [0.4, 0.5) is 15.2 Å². The zero-order valence-corrected chi connectivity index (χ0v) is 15.7. The molecule has 2 heterocycles. The summed E-state index contributed by atoms with van der Waals surface area (Å²) >= 11 is 1.32. The van der Waals surface area contributed by atoms with E-state index in [4.69, 9.17) is 0 Å². The van der Waals surface area contributed by atoms with Gasteiger partial charge in [0.25, 0.3) is 5.56 Å². The Morgan fingerprint density at radius 2 is 2.00 bits per heavy atom. The SMILES string of the molecule is CC(=O)N(c1ccccc1)c1nc(Cn2cnc3cc(F)ccc3c2=O)cs1. The van der Waals surface area contributed by atoms with E-state index in [1.807, 2.05) is 30.3 Å². The molecule has 0 atom stereocenters. The minimum Gasteiger partial charge on any atom is -0.293 e. The summed E-state index contributed by atoms with van der Waals surface area (Å²) in [6.07, 6.45) is 1.38. The number of nitrogens with zero attached hydrogens (tertiary/aromatic N) is 4. The van der Waals surface area contributed by atoms with Crippen molar-refractivity contribution < 1.29 is 9.18 Å². The van der Waals surface area contributed by atoms with Gasteiger partial charge >= 0.3 is 0 Å². The van der Waals surface area contributed by atoms with E-state index < -0.39 is 5.82 Å². The Morgan fingerprint density at radius 1 is 1.21 bits per heavy atom. The lowest BCUT2D eigenvalue weighted by atomic mass is 10.2. The molecule has 0 saturated carbocycles. The Labute approximate surface area is 163 Å². The number of carbonyl (C=O) groups excluding carboxylic acids is 1. The molecule has 0 saturated heterocycles. The van der Waals surface area contributed by atoms with E-state index in [1.54, 1.807) is 5.38 Å². The van der Waals surface area contributed by atoms with E-state index in [0.29, 0.717) is 21.7 Å². The van der Waals surface area contributed by atoms with Crippen molar-refractivity contribution in [2.75, 3.05) is 4.90 Å². The molecule has 0 aliphatic heterocycles. The van der Waals surface area contributed by atoms with Crippen LogP contribution in [0.25, 0.3) is 10.9 Å². The summed E-state index contributed by atoms with van der Waals surface area (Å²) in [5.41, 5.74) is 1.40. The summed E-state index contributed by atoms with van der Waals surface area (Å²) in [5.74, 6) is -0.592. The number of carbonyl (C=O) groups is 1.